The minimum absolute atomic E-state index is 1.07. The Morgan fingerprint density at radius 1 is 1.05 bits per heavy atom. The van der Waals surface area contributed by atoms with E-state index in [-0.39, 0.29) is 0 Å². The van der Waals surface area contributed by atoms with Crippen LogP contribution in [0.2, 0.25) is 18.1 Å². The van der Waals surface area contributed by atoms with Crippen molar-refractivity contribution in [3.8, 4) is 0 Å². The summed E-state index contributed by atoms with van der Waals surface area (Å²) >= 11 is 0. The summed E-state index contributed by atoms with van der Waals surface area (Å²) in [4.78, 5) is 4.52. The highest BCUT2D eigenvalue weighted by Crippen LogP contribution is 2.23. The van der Waals surface area contributed by atoms with Gasteiger partial charge in [-0.2, -0.15) is 0 Å². The highest BCUT2D eigenvalue weighted by molar-refractivity contribution is 6.84. The van der Waals surface area contributed by atoms with Crippen LogP contribution in [0.5, 0.6) is 0 Å². The smallest absolute Gasteiger partial charge is 0.0770 e. The Balaban J connectivity index is 2.30. The minimum Gasteiger partial charge on any atom is -0.256 e. The van der Waals surface area contributed by atoms with Gasteiger partial charge in [-0.05, 0) is 17.7 Å². The first kappa shape index (κ1) is 14.0. The van der Waals surface area contributed by atoms with Crippen LogP contribution in [0.15, 0.2) is 42.2 Å². The lowest BCUT2D eigenvalue weighted by Gasteiger charge is -2.23. The van der Waals surface area contributed by atoms with Gasteiger partial charge in [-0.1, -0.05) is 68.9 Å². The third kappa shape index (κ3) is 3.13. The van der Waals surface area contributed by atoms with Gasteiger partial charge in [-0.25, -0.2) is 0 Å². The van der Waals surface area contributed by atoms with Crippen molar-refractivity contribution in [2.45, 2.75) is 38.9 Å². The number of aromatic nitrogens is 1. The van der Waals surface area contributed by atoms with Crippen molar-refractivity contribution >= 4 is 25.1 Å². The lowest BCUT2D eigenvalue weighted by atomic mass is 10.2. The zero-order valence-corrected chi connectivity index (χ0v) is 13.2. The van der Waals surface area contributed by atoms with Crippen LogP contribution in [0.3, 0.4) is 0 Å². The Bertz CT molecular complexity index is 562. The summed E-state index contributed by atoms with van der Waals surface area (Å²) in [6, 6.07) is 14.5. The Hall–Kier alpha value is -1.41. The molecule has 0 aliphatic carbocycles. The summed E-state index contributed by atoms with van der Waals surface area (Å²) in [7, 11) is -1.18. The Labute approximate surface area is 117 Å². The van der Waals surface area contributed by atoms with Crippen LogP contribution in [0, 0.1) is 0 Å². The molecule has 0 aliphatic rings. The molecule has 0 fully saturated rings. The van der Waals surface area contributed by atoms with E-state index in [1.54, 1.807) is 0 Å². The van der Waals surface area contributed by atoms with Crippen LogP contribution in [-0.2, 0) is 0 Å². The molecular formula is C17H23NSi. The molecule has 0 radical (unpaired) electrons. The molecule has 0 aliphatic heterocycles. The van der Waals surface area contributed by atoms with Crippen molar-refractivity contribution in [2.24, 2.45) is 0 Å². The molecule has 19 heavy (non-hydrogen) atoms. The summed E-state index contributed by atoms with van der Waals surface area (Å²) in [5, 5.41) is 1.22. The number of nitrogens with zero attached hydrogens (tertiary/aromatic N) is 1. The fourth-order valence-corrected chi connectivity index (χ4v) is 5.31. The maximum atomic E-state index is 4.52. The van der Waals surface area contributed by atoms with E-state index < -0.39 is 8.07 Å². The normalized spacial score (nSPS) is 12.4. The summed E-state index contributed by atoms with van der Waals surface area (Å²) in [5.41, 5.74) is 4.81. The van der Waals surface area contributed by atoms with Crippen molar-refractivity contribution in [3.63, 3.8) is 0 Å². The van der Waals surface area contributed by atoms with Crippen LogP contribution in [0.1, 0.15) is 26.3 Å². The standard InChI is InChI=1S/C17H23NSi/c1-4-19(5-2,6-3)12-11-15-13-16-9-7-8-10-17(16)18-14-15/h7-14H,4-6H2,1-3H3/b12-11+. The molecular weight excluding hydrogens is 246 g/mol. The molecule has 1 aromatic carbocycles. The molecule has 2 rings (SSSR count). The molecule has 0 N–H and O–H groups in total. The fraction of sp³-hybridized carbons (Fsp3) is 0.353. The van der Waals surface area contributed by atoms with E-state index in [1.807, 2.05) is 12.3 Å². The van der Waals surface area contributed by atoms with E-state index in [2.05, 4.69) is 61.8 Å². The average molecular weight is 269 g/mol. The summed E-state index contributed by atoms with van der Waals surface area (Å²) in [5.74, 6) is 0. The van der Waals surface area contributed by atoms with Gasteiger partial charge in [0.1, 0.15) is 0 Å². The molecule has 0 amide bonds. The van der Waals surface area contributed by atoms with Gasteiger partial charge in [-0.15, -0.1) is 0 Å². The first-order valence-electron chi connectivity index (χ1n) is 7.27. The monoisotopic (exact) mass is 269 g/mol. The molecule has 0 saturated carbocycles. The first-order valence-corrected chi connectivity index (χ1v) is 9.97. The van der Waals surface area contributed by atoms with Gasteiger partial charge >= 0.3 is 0 Å². The van der Waals surface area contributed by atoms with E-state index in [1.165, 1.54) is 29.1 Å². The van der Waals surface area contributed by atoms with Gasteiger partial charge in [0.15, 0.2) is 0 Å². The van der Waals surface area contributed by atoms with E-state index in [0.29, 0.717) is 0 Å². The number of hydrogen-bond acceptors (Lipinski definition) is 1. The minimum atomic E-state index is -1.18. The highest BCUT2D eigenvalue weighted by Gasteiger charge is 2.22. The molecule has 2 aromatic rings. The molecule has 1 heterocycles. The molecule has 0 spiro atoms. The average Bonchev–Trinajstić information content (AvgIpc) is 2.49. The Morgan fingerprint density at radius 2 is 1.74 bits per heavy atom. The predicted molar refractivity (Wildman–Crippen MR) is 88.0 cm³/mol. The van der Waals surface area contributed by atoms with Gasteiger partial charge in [0.25, 0.3) is 0 Å². The second kappa shape index (κ2) is 6.16. The molecule has 2 heteroatoms. The number of pyridine rings is 1. The number of para-hydroxylation sites is 1. The van der Waals surface area contributed by atoms with Crippen molar-refractivity contribution in [1.82, 2.24) is 4.98 Å². The zero-order valence-electron chi connectivity index (χ0n) is 12.2. The predicted octanol–water partition coefficient (Wildman–Crippen LogP) is 5.30. The van der Waals surface area contributed by atoms with Crippen LogP contribution < -0.4 is 0 Å². The number of benzene rings is 1. The number of fused-ring (bicyclic) bond motifs is 1. The molecule has 1 nitrogen and oxygen atoms in total. The van der Waals surface area contributed by atoms with Gasteiger partial charge in [0, 0.05) is 11.6 Å². The molecule has 1 aromatic heterocycles. The van der Waals surface area contributed by atoms with Crippen molar-refractivity contribution in [1.29, 1.82) is 0 Å². The van der Waals surface area contributed by atoms with Gasteiger partial charge in [0.05, 0.1) is 13.6 Å². The Morgan fingerprint density at radius 3 is 2.42 bits per heavy atom. The van der Waals surface area contributed by atoms with E-state index in [9.17, 15) is 0 Å². The molecule has 0 atom stereocenters. The number of rotatable bonds is 5. The maximum absolute atomic E-state index is 4.52. The molecule has 0 bridgehead atoms. The number of hydrogen-bond donors (Lipinski definition) is 0. The van der Waals surface area contributed by atoms with Crippen LogP contribution in [-0.4, -0.2) is 13.1 Å². The van der Waals surface area contributed by atoms with Crippen LogP contribution >= 0.6 is 0 Å². The fourth-order valence-electron chi connectivity index (χ4n) is 2.56. The van der Waals surface area contributed by atoms with Crippen molar-refractivity contribution < 1.29 is 0 Å². The maximum Gasteiger partial charge on any atom is 0.0770 e. The van der Waals surface area contributed by atoms with Crippen molar-refractivity contribution in [2.75, 3.05) is 0 Å². The first-order chi connectivity index (χ1) is 9.23. The van der Waals surface area contributed by atoms with Crippen LogP contribution in [0.4, 0.5) is 0 Å². The summed E-state index contributed by atoms with van der Waals surface area (Å²) in [6.45, 7) is 7.01. The van der Waals surface area contributed by atoms with E-state index in [4.69, 9.17) is 0 Å². The highest BCUT2D eigenvalue weighted by atomic mass is 28.3. The van der Waals surface area contributed by atoms with Gasteiger partial charge < -0.3 is 0 Å². The summed E-state index contributed by atoms with van der Waals surface area (Å²) in [6.07, 6.45) is 4.28. The zero-order chi connectivity index (χ0) is 13.7. The topological polar surface area (TPSA) is 12.9 Å². The van der Waals surface area contributed by atoms with Gasteiger partial charge in [-0.3, -0.25) is 4.98 Å². The molecule has 0 saturated heterocycles. The van der Waals surface area contributed by atoms with Gasteiger partial charge in [0.2, 0.25) is 0 Å². The quantitative estimate of drug-likeness (QED) is 0.672. The lowest BCUT2D eigenvalue weighted by molar-refractivity contribution is 1.20. The largest absolute Gasteiger partial charge is 0.256 e. The second-order valence-corrected chi connectivity index (χ2v) is 10.4. The second-order valence-electron chi connectivity index (χ2n) is 5.22. The molecule has 100 valence electrons. The third-order valence-electron chi connectivity index (χ3n) is 4.35. The Kier molecular flexibility index (Phi) is 4.54. The van der Waals surface area contributed by atoms with E-state index >= 15 is 0 Å². The van der Waals surface area contributed by atoms with E-state index in [0.717, 1.165) is 5.52 Å². The lowest BCUT2D eigenvalue weighted by Crippen LogP contribution is -2.28. The third-order valence-corrected chi connectivity index (χ3v) is 9.45. The summed E-state index contributed by atoms with van der Waals surface area (Å²) < 4.78 is 0. The van der Waals surface area contributed by atoms with Crippen molar-refractivity contribution in [3.05, 3.63) is 47.8 Å². The molecule has 0 unspecified atom stereocenters. The SMILES string of the molecule is CC[Si](/C=C/c1cnc2ccccc2c1)(CC)CC. The van der Waals surface area contributed by atoms with Crippen LogP contribution in [0.25, 0.3) is 17.0 Å².